The monoisotopic (exact) mass is 358 g/mol. The molecule has 0 aliphatic carbocycles. The number of carbonyl (C=O) groups is 2. The highest BCUT2D eigenvalue weighted by atomic mass is 35.5. The van der Waals surface area contributed by atoms with Crippen LogP contribution in [0, 0.1) is 0 Å². The first-order chi connectivity index (χ1) is 12.0. The number of rotatable bonds is 5. The van der Waals surface area contributed by atoms with Gasteiger partial charge in [-0.3, -0.25) is 0 Å². The zero-order valence-electron chi connectivity index (χ0n) is 12.6. The molecule has 25 heavy (non-hydrogen) atoms. The van der Waals surface area contributed by atoms with Gasteiger partial charge < -0.3 is 10.2 Å². The molecule has 2 aromatic carbocycles. The lowest BCUT2D eigenvalue weighted by atomic mass is 9.94. The molecule has 3 rings (SSSR count). The lowest BCUT2D eigenvalue weighted by Crippen LogP contribution is -2.13. The molecule has 0 atom stereocenters. The summed E-state index contributed by atoms with van der Waals surface area (Å²) in [6.45, 7) is 0. The molecular weight excluding hydrogens is 348 g/mol. The summed E-state index contributed by atoms with van der Waals surface area (Å²) >= 11 is 5.82. The maximum Gasteiger partial charge on any atom is 0.336 e. The Kier molecular flexibility index (Phi) is 4.49. The molecule has 0 saturated carbocycles. The summed E-state index contributed by atoms with van der Waals surface area (Å²) in [6, 6.07) is 10.9. The van der Waals surface area contributed by atoms with Crippen LogP contribution >= 0.6 is 11.6 Å². The Hall–Kier alpha value is -3.19. The van der Waals surface area contributed by atoms with Gasteiger partial charge in [0.05, 0.1) is 11.1 Å². The molecule has 0 fully saturated rings. The Morgan fingerprint density at radius 2 is 1.64 bits per heavy atom. The number of fused-ring (bicyclic) bond motifs is 1. The molecule has 8 heteroatoms. The predicted molar refractivity (Wildman–Crippen MR) is 89.2 cm³/mol. The third-order valence-electron chi connectivity index (χ3n) is 3.61. The summed E-state index contributed by atoms with van der Waals surface area (Å²) in [7, 11) is 0. The second-order valence-corrected chi connectivity index (χ2v) is 5.67. The van der Waals surface area contributed by atoms with Crippen LogP contribution in [0.25, 0.3) is 16.6 Å². The third-order valence-corrected chi connectivity index (χ3v) is 3.86. The van der Waals surface area contributed by atoms with Gasteiger partial charge in [-0.05, 0) is 45.7 Å². The van der Waals surface area contributed by atoms with Crippen LogP contribution in [-0.2, 0) is 16.0 Å². The van der Waals surface area contributed by atoms with Gasteiger partial charge in [0.15, 0.2) is 0 Å². The molecule has 0 aliphatic heterocycles. The molecule has 1 aromatic heterocycles. The van der Waals surface area contributed by atoms with E-state index < -0.39 is 11.9 Å². The summed E-state index contributed by atoms with van der Waals surface area (Å²) in [4.78, 5) is 23.5. The molecule has 2 N–H and O–H groups in total. The zero-order chi connectivity index (χ0) is 18.0. The summed E-state index contributed by atoms with van der Waals surface area (Å²) < 4.78 is 4.58. The zero-order valence-corrected chi connectivity index (χ0v) is 13.4. The van der Waals surface area contributed by atoms with E-state index in [1.165, 1.54) is 18.2 Å². The predicted octanol–water partition coefficient (Wildman–Crippen LogP) is 3.04. The first kappa shape index (κ1) is 16.7. The van der Waals surface area contributed by atoms with Crippen molar-refractivity contribution in [2.24, 2.45) is 0 Å². The van der Waals surface area contributed by atoms with E-state index in [2.05, 4.69) is 14.9 Å². The number of hydrogen-bond acceptors (Lipinski definition) is 5. The summed E-state index contributed by atoms with van der Waals surface area (Å²) in [6.07, 6.45) is -0.0662. The molecule has 3 aromatic rings. The average Bonchev–Trinajstić information content (AvgIpc) is 3.03. The summed E-state index contributed by atoms with van der Waals surface area (Å²) in [5.74, 6) is -2.66. The topological polar surface area (TPSA) is 114 Å². The molecule has 0 amide bonds. The van der Waals surface area contributed by atoms with Crippen molar-refractivity contribution in [2.75, 3.05) is 0 Å². The van der Waals surface area contributed by atoms with Gasteiger partial charge in [0.2, 0.25) is 0 Å². The molecule has 0 unspecified atom stereocenters. The fourth-order valence-corrected chi connectivity index (χ4v) is 2.57. The fraction of sp³-hybridized carbons (Fsp3) is 0.0588. The summed E-state index contributed by atoms with van der Waals surface area (Å²) in [5.41, 5.74) is 1.07. The van der Waals surface area contributed by atoms with Crippen molar-refractivity contribution in [1.29, 1.82) is 0 Å². The number of nitrogens with zero attached hydrogens (tertiary/aromatic N) is 2. The molecule has 0 bridgehead atoms. The minimum absolute atomic E-state index is 0.0662. The molecule has 0 aliphatic rings. The molecule has 7 nitrogen and oxygen atoms in total. The van der Waals surface area contributed by atoms with Crippen molar-refractivity contribution in [3.05, 3.63) is 64.2 Å². The Balaban J connectivity index is 2.13. The van der Waals surface area contributed by atoms with Crippen LogP contribution in [0.1, 0.15) is 11.1 Å². The van der Waals surface area contributed by atoms with E-state index in [9.17, 15) is 19.8 Å². The fourth-order valence-electron chi connectivity index (χ4n) is 2.44. The second kappa shape index (κ2) is 6.74. The van der Waals surface area contributed by atoms with Crippen LogP contribution in [0.4, 0.5) is 0 Å². The van der Waals surface area contributed by atoms with Crippen molar-refractivity contribution in [3.8, 4) is 0 Å². The van der Waals surface area contributed by atoms with Crippen molar-refractivity contribution < 1.29 is 24.4 Å². The minimum atomic E-state index is -1.35. The van der Waals surface area contributed by atoms with Gasteiger partial charge in [-0.2, -0.15) is 0 Å². The van der Waals surface area contributed by atoms with Crippen LogP contribution in [0.2, 0.25) is 5.02 Å². The van der Waals surface area contributed by atoms with E-state index in [-0.39, 0.29) is 23.1 Å². The van der Waals surface area contributed by atoms with Gasteiger partial charge >= 0.3 is 11.9 Å². The normalized spacial score (nSPS) is 12.0. The number of halogens is 1. The van der Waals surface area contributed by atoms with E-state index in [0.717, 1.165) is 0 Å². The highest BCUT2D eigenvalue weighted by molar-refractivity contribution is 6.30. The van der Waals surface area contributed by atoms with Crippen LogP contribution in [0.3, 0.4) is 0 Å². The Labute approximate surface area is 146 Å². The molecule has 0 saturated heterocycles. The maximum atomic E-state index is 11.8. The Morgan fingerprint density at radius 1 is 0.960 bits per heavy atom. The van der Waals surface area contributed by atoms with Gasteiger partial charge in [-0.25, -0.2) is 14.2 Å². The largest absolute Gasteiger partial charge is 0.478 e. The van der Waals surface area contributed by atoms with Crippen molar-refractivity contribution in [3.63, 3.8) is 0 Å². The lowest BCUT2D eigenvalue weighted by Gasteiger charge is -2.10. The number of carboxylic acid groups (broad SMARTS) is 2. The summed E-state index contributed by atoms with van der Waals surface area (Å²) in [5, 5.41) is 26.9. The van der Waals surface area contributed by atoms with Gasteiger partial charge in [-0.15, -0.1) is 0 Å². The van der Waals surface area contributed by atoms with E-state index in [1.807, 2.05) is 0 Å². The van der Waals surface area contributed by atoms with E-state index in [0.29, 0.717) is 21.6 Å². The van der Waals surface area contributed by atoms with E-state index >= 15 is 0 Å². The van der Waals surface area contributed by atoms with Crippen molar-refractivity contribution >= 4 is 40.1 Å². The number of benzene rings is 2. The van der Waals surface area contributed by atoms with Crippen LogP contribution < -0.4 is 0 Å². The Bertz CT molecular complexity index is 992. The first-order valence-corrected chi connectivity index (χ1v) is 7.50. The molecule has 1 heterocycles. The van der Waals surface area contributed by atoms with Crippen molar-refractivity contribution in [1.82, 2.24) is 10.3 Å². The van der Waals surface area contributed by atoms with Crippen LogP contribution in [0.5, 0.6) is 0 Å². The van der Waals surface area contributed by atoms with Crippen molar-refractivity contribution in [2.45, 2.75) is 6.42 Å². The van der Waals surface area contributed by atoms with Crippen LogP contribution in [-0.4, -0.2) is 32.5 Å². The molecular formula is C17H11ClN2O5. The highest BCUT2D eigenvalue weighted by Crippen LogP contribution is 2.25. The molecule has 126 valence electrons. The van der Waals surface area contributed by atoms with Gasteiger partial charge in [-0.1, -0.05) is 29.8 Å². The lowest BCUT2D eigenvalue weighted by molar-refractivity contribution is -0.134. The number of aliphatic carboxylic acids is 2. The number of carboxylic acids is 2. The second-order valence-electron chi connectivity index (χ2n) is 5.23. The first-order valence-electron chi connectivity index (χ1n) is 7.12. The average molecular weight is 359 g/mol. The number of aromatic nitrogens is 2. The quantitative estimate of drug-likeness (QED) is 0.674. The van der Waals surface area contributed by atoms with Crippen LogP contribution in [0.15, 0.2) is 52.7 Å². The minimum Gasteiger partial charge on any atom is -0.478 e. The molecule has 0 radical (unpaired) electrons. The molecule has 0 spiro atoms. The van der Waals surface area contributed by atoms with E-state index in [1.54, 1.807) is 24.3 Å². The third kappa shape index (κ3) is 3.51. The van der Waals surface area contributed by atoms with E-state index in [4.69, 9.17) is 11.6 Å². The highest BCUT2D eigenvalue weighted by Gasteiger charge is 2.23. The smallest absolute Gasteiger partial charge is 0.336 e. The Morgan fingerprint density at radius 3 is 2.28 bits per heavy atom. The van der Waals surface area contributed by atoms with Gasteiger partial charge in [0.1, 0.15) is 11.0 Å². The van der Waals surface area contributed by atoms with Gasteiger partial charge in [0, 0.05) is 11.4 Å². The standard InChI is InChI=1S/C17H11ClN2O5/c18-11-4-1-9(2-5-11)7-12(16(21)22)15(17(23)24)10-3-6-13-14(8-10)20-25-19-13/h1-6,8H,7H2,(H,21,22)(H,23,24). The SMILES string of the molecule is O=C(O)C(Cc1ccc(Cl)cc1)=C(C(=O)O)c1ccc2nonc2c1. The number of hydrogen-bond donors (Lipinski definition) is 2. The maximum absolute atomic E-state index is 11.8. The van der Waals surface area contributed by atoms with Gasteiger partial charge in [0.25, 0.3) is 0 Å².